The number of benzene rings is 2. The molecular formula is C24H33N3O3S. The minimum absolute atomic E-state index is 0.334. The summed E-state index contributed by atoms with van der Waals surface area (Å²) in [7, 11) is -3.66. The van der Waals surface area contributed by atoms with Crippen LogP contribution in [0.1, 0.15) is 43.7 Å². The van der Waals surface area contributed by atoms with Crippen molar-refractivity contribution in [2.24, 2.45) is 0 Å². The van der Waals surface area contributed by atoms with Gasteiger partial charge in [0.2, 0.25) is 15.9 Å². The predicted octanol–water partition coefficient (Wildman–Crippen LogP) is 4.48. The molecule has 0 radical (unpaired) electrons. The number of amides is 1. The van der Waals surface area contributed by atoms with Crippen LogP contribution >= 0.6 is 0 Å². The van der Waals surface area contributed by atoms with Crippen molar-refractivity contribution in [3.05, 3.63) is 53.6 Å². The summed E-state index contributed by atoms with van der Waals surface area (Å²) in [5, 5.41) is 2.92. The van der Waals surface area contributed by atoms with Crippen LogP contribution in [0.15, 0.2) is 42.5 Å². The zero-order valence-electron chi connectivity index (χ0n) is 18.9. The van der Waals surface area contributed by atoms with Gasteiger partial charge in [0.15, 0.2) is 0 Å². The molecule has 31 heavy (non-hydrogen) atoms. The van der Waals surface area contributed by atoms with Gasteiger partial charge in [-0.1, -0.05) is 19.1 Å². The first-order valence-corrected chi connectivity index (χ1v) is 12.8. The monoisotopic (exact) mass is 443 g/mol. The number of anilines is 3. The van der Waals surface area contributed by atoms with Crippen molar-refractivity contribution in [1.82, 2.24) is 0 Å². The van der Waals surface area contributed by atoms with E-state index in [9.17, 15) is 13.2 Å². The lowest BCUT2D eigenvalue weighted by molar-refractivity contribution is -0.117. The number of nitrogens with one attached hydrogen (secondary N) is 1. The van der Waals surface area contributed by atoms with Gasteiger partial charge >= 0.3 is 0 Å². The second-order valence-corrected chi connectivity index (χ2v) is 10.2. The predicted molar refractivity (Wildman–Crippen MR) is 128 cm³/mol. The van der Waals surface area contributed by atoms with Crippen molar-refractivity contribution < 1.29 is 13.2 Å². The second kappa shape index (κ2) is 9.73. The summed E-state index contributed by atoms with van der Waals surface area (Å²) in [5.74, 6) is -0.334. The minimum atomic E-state index is -3.66. The van der Waals surface area contributed by atoms with Crippen LogP contribution in [0.3, 0.4) is 0 Å². The van der Waals surface area contributed by atoms with Gasteiger partial charge in [-0.05, 0) is 81.0 Å². The fourth-order valence-electron chi connectivity index (χ4n) is 4.13. The molecule has 2 aromatic rings. The highest BCUT2D eigenvalue weighted by molar-refractivity contribution is 7.92. The zero-order chi connectivity index (χ0) is 22.6. The van der Waals surface area contributed by atoms with E-state index in [2.05, 4.69) is 10.2 Å². The van der Waals surface area contributed by atoms with E-state index < -0.39 is 16.1 Å². The van der Waals surface area contributed by atoms with Gasteiger partial charge in [0.1, 0.15) is 6.04 Å². The molecule has 0 unspecified atom stereocenters. The molecule has 0 spiro atoms. The number of carbonyl (C=O) groups is 1. The van der Waals surface area contributed by atoms with Crippen molar-refractivity contribution in [3.63, 3.8) is 0 Å². The van der Waals surface area contributed by atoms with Gasteiger partial charge < -0.3 is 10.2 Å². The molecule has 1 fully saturated rings. The van der Waals surface area contributed by atoms with E-state index in [0.717, 1.165) is 36.2 Å². The Morgan fingerprint density at radius 1 is 1.06 bits per heavy atom. The molecule has 1 amide bonds. The third-order valence-corrected chi connectivity index (χ3v) is 6.95. The molecule has 6 nitrogen and oxygen atoms in total. The molecular weight excluding hydrogens is 410 g/mol. The molecule has 1 aliphatic heterocycles. The van der Waals surface area contributed by atoms with Crippen LogP contribution in [0, 0.1) is 13.8 Å². The first kappa shape index (κ1) is 23.1. The van der Waals surface area contributed by atoms with E-state index in [0.29, 0.717) is 17.8 Å². The van der Waals surface area contributed by atoms with E-state index in [1.54, 1.807) is 0 Å². The average Bonchev–Trinajstić information content (AvgIpc) is 2.74. The maximum atomic E-state index is 13.2. The Hall–Kier alpha value is -2.54. The van der Waals surface area contributed by atoms with Crippen molar-refractivity contribution in [2.75, 3.05) is 33.9 Å². The highest BCUT2D eigenvalue weighted by Crippen LogP contribution is 2.28. The first-order valence-electron chi connectivity index (χ1n) is 10.9. The van der Waals surface area contributed by atoms with Crippen LogP contribution in [-0.2, 0) is 14.8 Å². The highest BCUT2D eigenvalue weighted by atomic mass is 32.2. The van der Waals surface area contributed by atoms with E-state index in [1.807, 2.05) is 63.2 Å². The van der Waals surface area contributed by atoms with Crippen LogP contribution in [0.4, 0.5) is 17.1 Å². The molecule has 1 atom stereocenters. The second-order valence-electron chi connectivity index (χ2n) is 8.36. The normalized spacial score (nSPS) is 15.4. The molecule has 1 aliphatic rings. The Kier molecular flexibility index (Phi) is 7.26. The SMILES string of the molecule is CC[C@H](C(=O)Nc1ccc(N2CCCCC2)cc1)N(c1cc(C)ccc1C)S(C)(=O)=O. The summed E-state index contributed by atoms with van der Waals surface area (Å²) in [5.41, 5.74) is 4.12. The molecule has 0 bridgehead atoms. The average molecular weight is 444 g/mol. The van der Waals surface area contributed by atoms with Gasteiger partial charge in [0.25, 0.3) is 0 Å². The van der Waals surface area contributed by atoms with Gasteiger partial charge in [-0.25, -0.2) is 8.42 Å². The summed E-state index contributed by atoms with van der Waals surface area (Å²) >= 11 is 0. The Bertz CT molecular complexity index is 1010. The third-order valence-electron chi connectivity index (χ3n) is 5.79. The fraction of sp³-hybridized carbons (Fsp3) is 0.458. The number of nitrogens with zero attached hydrogens (tertiary/aromatic N) is 2. The molecule has 2 aromatic carbocycles. The Labute approximate surface area is 186 Å². The Morgan fingerprint density at radius 2 is 1.71 bits per heavy atom. The van der Waals surface area contributed by atoms with Crippen LogP contribution in [-0.4, -0.2) is 39.7 Å². The number of hydrogen-bond acceptors (Lipinski definition) is 4. The van der Waals surface area contributed by atoms with E-state index >= 15 is 0 Å². The highest BCUT2D eigenvalue weighted by Gasteiger charge is 2.32. The largest absolute Gasteiger partial charge is 0.372 e. The van der Waals surface area contributed by atoms with E-state index in [-0.39, 0.29) is 5.91 Å². The van der Waals surface area contributed by atoms with Crippen LogP contribution in [0.5, 0.6) is 0 Å². The molecule has 7 heteroatoms. The van der Waals surface area contributed by atoms with Gasteiger partial charge in [0, 0.05) is 24.5 Å². The summed E-state index contributed by atoms with van der Waals surface area (Å²) in [6.07, 6.45) is 5.20. The molecule has 1 N–H and O–H groups in total. The molecule has 0 aliphatic carbocycles. The number of aryl methyl sites for hydroxylation is 2. The smallest absolute Gasteiger partial charge is 0.248 e. The molecule has 0 saturated carbocycles. The summed E-state index contributed by atoms with van der Waals surface area (Å²) in [4.78, 5) is 15.5. The molecule has 3 rings (SSSR count). The minimum Gasteiger partial charge on any atom is -0.372 e. The maximum Gasteiger partial charge on any atom is 0.248 e. The lowest BCUT2D eigenvalue weighted by atomic mass is 10.1. The zero-order valence-corrected chi connectivity index (χ0v) is 19.7. The van der Waals surface area contributed by atoms with Crippen molar-refractivity contribution >= 4 is 33.0 Å². The van der Waals surface area contributed by atoms with Gasteiger partial charge in [-0.3, -0.25) is 9.10 Å². The van der Waals surface area contributed by atoms with Crippen molar-refractivity contribution in [3.8, 4) is 0 Å². The molecule has 1 heterocycles. The topological polar surface area (TPSA) is 69.7 Å². The Morgan fingerprint density at radius 3 is 2.29 bits per heavy atom. The standard InChI is InChI=1S/C24H33N3O3S/c1-5-22(27(31(4,29)30)23-17-18(2)9-10-19(23)3)24(28)25-20-11-13-21(14-12-20)26-15-7-6-8-16-26/h9-14,17,22H,5-8,15-16H2,1-4H3,(H,25,28)/t22-/m1/s1. The van der Waals surface area contributed by atoms with Gasteiger partial charge in [-0.2, -0.15) is 0 Å². The number of piperidine rings is 1. The summed E-state index contributed by atoms with van der Waals surface area (Å²) < 4.78 is 26.7. The van der Waals surface area contributed by atoms with Crippen molar-refractivity contribution in [2.45, 2.75) is 52.5 Å². The lowest BCUT2D eigenvalue weighted by Crippen LogP contribution is -2.47. The van der Waals surface area contributed by atoms with Crippen LogP contribution in [0.2, 0.25) is 0 Å². The number of carbonyl (C=O) groups excluding carboxylic acids is 1. The van der Waals surface area contributed by atoms with Crippen LogP contribution < -0.4 is 14.5 Å². The third kappa shape index (κ3) is 5.58. The molecule has 168 valence electrons. The van der Waals surface area contributed by atoms with Gasteiger partial charge in [0.05, 0.1) is 11.9 Å². The fourth-order valence-corrected chi connectivity index (χ4v) is 5.39. The summed E-state index contributed by atoms with van der Waals surface area (Å²) in [6.45, 7) is 7.71. The van der Waals surface area contributed by atoms with E-state index in [4.69, 9.17) is 0 Å². The van der Waals surface area contributed by atoms with Crippen LogP contribution in [0.25, 0.3) is 0 Å². The van der Waals surface area contributed by atoms with Gasteiger partial charge in [-0.15, -0.1) is 0 Å². The number of hydrogen-bond donors (Lipinski definition) is 1. The molecule has 1 saturated heterocycles. The summed E-state index contributed by atoms with van der Waals surface area (Å²) in [6, 6.07) is 12.6. The maximum absolute atomic E-state index is 13.2. The molecule has 0 aromatic heterocycles. The lowest BCUT2D eigenvalue weighted by Gasteiger charge is -2.31. The van der Waals surface area contributed by atoms with Crippen molar-refractivity contribution in [1.29, 1.82) is 0 Å². The quantitative estimate of drug-likeness (QED) is 0.685. The first-order chi connectivity index (χ1) is 14.7. The van der Waals surface area contributed by atoms with E-state index in [1.165, 1.54) is 23.6 Å². The number of rotatable bonds is 7. The Balaban J connectivity index is 1.82. The number of sulfonamides is 1.